The molecule has 0 spiro atoms. The van der Waals surface area contributed by atoms with Gasteiger partial charge in [0, 0.05) is 22.6 Å². The van der Waals surface area contributed by atoms with Crippen LogP contribution in [0.25, 0.3) is 0 Å². The van der Waals surface area contributed by atoms with Gasteiger partial charge in [-0.05, 0) is 30.3 Å². The summed E-state index contributed by atoms with van der Waals surface area (Å²) >= 11 is 5.81. The van der Waals surface area contributed by atoms with E-state index in [2.05, 4.69) is 10.3 Å². The van der Waals surface area contributed by atoms with Gasteiger partial charge in [0.05, 0.1) is 6.42 Å². The zero-order valence-corrected chi connectivity index (χ0v) is 9.29. The van der Waals surface area contributed by atoms with Gasteiger partial charge >= 0.3 is 0 Å². The highest BCUT2D eigenvalue weighted by Gasteiger charge is 2.04. The molecule has 0 aliphatic heterocycles. The van der Waals surface area contributed by atoms with Crippen molar-refractivity contribution in [2.45, 2.75) is 6.42 Å². The molecular formula is C12H11ClN2O. The van der Waals surface area contributed by atoms with E-state index in [-0.39, 0.29) is 5.91 Å². The minimum Gasteiger partial charge on any atom is -0.365 e. The van der Waals surface area contributed by atoms with Gasteiger partial charge in [-0.15, -0.1) is 0 Å². The van der Waals surface area contributed by atoms with Crippen molar-refractivity contribution in [3.63, 3.8) is 0 Å². The molecule has 0 saturated heterocycles. The van der Waals surface area contributed by atoms with Crippen LogP contribution in [-0.2, 0) is 11.2 Å². The molecule has 0 aliphatic rings. The summed E-state index contributed by atoms with van der Waals surface area (Å²) in [5, 5.41) is 3.39. The highest BCUT2D eigenvalue weighted by molar-refractivity contribution is 6.30. The van der Waals surface area contributed by atoms with Gasteiger partial charge in [0.2, 0.25) is 5.91 Å². The van der Waals surface area contributed by atoms with Crippen molar-refractivity contribution < 1.29 is 4.79 Å². The molecule has 16 heavy (non-hydrogen) atoms. The molecule has 0 saturated carbocycles. The van der Waals surface area contributed by atoms with Crippen LogP contribution < -0.4 is 5.32 Å². The lowest BCUT2D eigenvalue weighted by Crippen LogP contribution is -2.14. The molecular weight excluding hydrogens is 224 g/mol. The fraction of sp³-hybridized carbons (Fsp3) is 0.0833. The average Bonchev–Trinajstić information content (AvgIpc) is 2.70. The Morgan fingerprint density at radius 3 is 2.88 bits per heavy atom. The zero-order valence-electron chi connectivity index (χ0n) is 8.53. The van der Waals surface area contributed by atoms with Crippen LogP contribution >= 0.6 is 11.6 Å². The highest BCUT2D eigenvalue weighted by Crippen LogP contribution is 2.15. The Labute approximate surface area is 98.4 Å². The van der Waals surface area contributed by atoms with E-state index in [4.69, 9.17) is 11.6 Å². The van der Waals surface area contributed by atoms with Crippen LogP contribution in [0.15, 0.2) is 42.6 Å². The lowest BCUT2D eigenvalue weighted by molar-refractivity contribution is -0.115. The maximum absolute atomic E-state index is 11.6. The number of hydrogen-bond acceptors (Lipinski definition) is 1. The van der Waals surface area contributed by atoms with Crippen molar-refractivity contribution in [2.75, 3.05) is 5.32 Å². The first-order chi connectivity index (χ1) is 7.74. The summed E-state index contributed by atoms with van der Waals surface area (Å²) in [4.78, 5) is 14.6. The number of carbonyl (C=O) groups excluding carboxylic acids is 1. The second-order valence-corrected chi connectivity index (χ2v) is 3.87. The predicted molar refractivity (Wildman–Crippen MR) is 64.6 cm³/mol. The van der Waals surface area contributed by atoms with Crippen molar-refractivity contribution in [1.82, 2.24) is 4.98 Å². The SMILES string of the molecule is O=C(Cc1ccc[nH]1)Nc1cccc(Cl)c1. The van der Waals surface area contributed by atoms with Gasteiger partial charge in [0.1, 0.15) is 0 Å². The number of hydrogen-bond donors (Lipinski definition) is 2. The highest BCUT2D eigenvalue weighted by atomic mass is 35.5. The normalized spacial score (nSPS) is 10.1. The average molecular weight is 235 g/mol. The van der Waals surface area contributed by atoms with Crippen LogP contribution in [0.5, 0.6) is 0 Å². The van der Waals surface area contributed by atoms with E-state index in [0.29, 0.717) is 17.1 Å². The van der Waals surface area contributed by atoms with Crippen LogP contribution in [0.4, 0.5) is 5.69 Å². The monoisotopic (exact) mass is 234 g/mol. The van der Waals surface area contributed by atoms with Crippen molar-refractivity contribution in [1.29, 1.82) is 0 Å². The van der Waals surface area contributed by atoms with Crippen molar-refractivity contribution in [2.24, 2.45) is 0 Å². The molecule has 0 fully saturated rings. The van der Waals surface area contributed by atoms with E-state index < -0.39 is 0 Å². The summed E-state index contributed by atoms with van der Waals surface area (Å²) in [6.45, 7) is 0. The van der Waals surface area contributed by atoms with Crippen LogP contribution in [0, 0.1) is 0 Å². The third-order valence-corrected chi connectivity index (χ3v) is 2.36. The summed E-state index contributed by atoms with van der Waals surface area (Å²) in [6.07, 6.45) is 2.13. The van der Waals surface area contributed by atoms with E-state index in [1.54, 1.807) is 30.5 Å². The fourth-order valence-corrected chi connectivity index (χ4v) is 1.61. The van der Waals surface area contributed by atoms with E-state index in [1.807, 2.05) is 12.1 Å². The summed E-state index contributed by atoms with van der Waals surface area (Å²) < 4.78 is 0. The van der Waals surface area contributed by atoms with Gasteiger partial charge in [-0.1, -0.05) is 17.7 Å². The first kappa shape index (κ1) is 10.8. The summed E-state index contributed by atoms with van der Waals surface area (Å²) in [6, 6.07) is 10.8. The molecule has 2 N–H and O–H groups in total. The standard InChI is InChI=1S/C12H11ClN2O/c13-9-3-1-4-11(7-9)15-12(16)8-10-5-2-6-14-10/h1-7,14H,8H2,(H,15,16). The lowest BCUT2D eigenvalue weighted by atomic mass is 10.2. The number of amides is 1. The molecule has 1 aromatic carbocycles. The maximum atomic E-state index is 11.6. The Morgan fingerprint density at radius 2 is 2.19 bits per heavy atom. The number of halogens is 1. The van der Waals surface area contributed by atoms with Gasteiger partial charge in [-0.2, -0.15) is 0 Å². The maximum Gasteiger partial charge on any atom is 0.230 e. The minimum atomic E-state index is -0.0651. The Bertz CT molecular complexity index is 480. The smallest absolute Gasteiger partial charge is 0.230 e. The number of aromatic amines is 1. The number of carbonyl (C=O) groups is 1. The van der Waals surface area contributed by atoms with E-state index in [1.165, 1.54) is 0 Å². The molecule has 2 rings (SSSR count). The van der Waals surface area contributed by atoms with Crippen LogP contribution in [0.1, 0.15) is 5.69 Å². The number of anilines is 1. The molecule has 82 valence electrons. The van der Waals surface area contributed by atoms with Gasteiger partial charge in [-0.25, -0.2) is 0 Å². The van der Waals surface area contributed by atoms with E-state index >= 15 is 0 Å². The molecule has 1 amide bonds. The molecule has 1 aromatic heterocycles. The van der Waals surface area contributed by atoms with Crippen LogP contribution in [-0.4, -0.2) is 10.9 Å². The van der Waals surface area contributed by atoms with Crippen LogP contribution in [0.2, 0.25) is 5.02 Å². The molecule has 0 bridgehead atoms. The van der Waals surface area contributed by atoms with Crippen molar-refractivity contribution >= 4 is 23.2 Å². The molecule has 0 unspecified atom stereocenters. The molecule has 0 atom stereocenters. The Balaban J connectivity index is 1.97. The number of rotatable bonds is 3. The van der Waals surface area contributed by atoms with Crippen LogP contribution in [0.3, 0.4) is 0 Å². The zero-order chi connectivity index (χ0) is 11.4. The van der Waals surface area contributed by atoms with E-state index in [9.17, 15) is 4.79 Å². The molecule has 3 nitrogen and oxygen atoms in total. The van der Waals surface area contributed by atoms with Gasteiger partial charge in [0.15, 0.2) is 0 Å². The first-order valence-electron chi connectivity index (χ1n) is 4.92. The Morgan fingerprint density at radius 1 is 1.31 bits per heavy atom. The Kier molecular flexibility index (Phi) is 3.27. The van der Waals surface area contributed by atoms with Crippen molar-refractivity contribution in [3.8, 4) is 0 Å². The molecule has 2 aromatic rings. The Hall–Kier alpha value is -1.74. The number of H-pyrrole nitrogens is 1. The quantitative estimate of drug-likeness (QED) is 0.843. The molecule has 1 heterocycles. The summed E-state index contributed by atoms with van der Waals surface area (Å²) in [7, 11) is 0. The number of aromatic nitrogens is 1. The molecule has 0 radical (unpaired) electrons. The first-order valence-corrected chi connectivity index (χ1v) is 5.29. The van der Waals surface area contributed by atoms with Crippen molar-refractivity contribution in [3.05, 3.63) is 53.3 Å². The second kappa shape index (κ2) is 4.86. The third-order valence-electron chi connectivity index (χ3n) is 2.12. The second-order valence-electron chi connectivity index (χ2n) is 3.43. The van der Waals surface area contributed by atoms with Gasteiger partial charge in [-0.3, -0.25) is 4.79 Å². The summed E-state index contributed by atoms with van der Waals surface area (Å²) in [5.41, 5.74) is 1.60. The predicted octanol–water partition coefficient (Wildman–Crippen LogP) is 2.85. The number of benzene rings is 1. The van der Waals surface area contributed by atoms with Gasteiger partial charge in [0.25, 0.3) is 0 Å². The third kappa shape index (κ3) is 2.87. The fourth-order valence-electron chi connectivity index (χ4n) is 1.42. The van der Waals surface area contributed by atoms with Gasteiger partial charge < -0.3 is 10.3 Å². The number of nitrogens with one attached hydrogen (secondary N) is 2. The molecule has 0 aliphatic carbocycles. The minimum absolute atomic E-state index is 0.0651. The largest absolute Gasteiger partial charge is 0.365 e. The molecule has 4 heteroatoms. The van der Waals surface area contributed by atoms with E-state index in [0.717, 1.165) is 5.69 Å². The topological polar surface area (TPSA) is 44.9 Å². The lowest BCUT2D eigenvalue weighted by Gasteiger charge is -2.04. The summed E-state index contributed by atoms with van der Waals surface area (Å²) in [5.74, 6) is -0.0651.